The first-order valence-corrected chi connectivity index (χ1v) is 7.24. The number of aromatic nitrogens is 1. The molecule has 0 unspecified atom stereocenters. The van der Waals surface area contributed by atoms with Crippen molar-refractivity contribution in [3.63, 3.8) is 0 Å². The fourth-order valence-electron chi connectivity index (χ4n) is 2.30. The molecule has 0 amide bonds. The van der Waals surface area contributed by atoms with Crippen molar-refractivity contribution < 1.29 is 0 Å². The Morgan fingerprint density at radius 2 is 1.95 bits per heavy atom. The third-order valence-electron chi connectivity index (χ3n) is 3.37. The molecule has 0 bridgehead atoms. The summed E-state index contributed by atoms with van der Waals surface area (Å²) in [5.74, 6) is 0. The van der Waals surface area contributed by atoms with Gasteiger partial charge in [0.15, 0.2) is 0 Å². The lowest BCUT2D eigenvalue weighted by Gasteiger charge is -2.27. The Bertz CT molecular complexity index is 547. The zero-order chi connectivity index (χ0) is 13.2. The van der Waals surface area contributed by atoms with Gasteiger partial charge >= 0.3 is 0 Å². The van der Waals surface area contributed by atoms with Crippen LogP contribution in [0.5, 0.6) is 0 Å². The molecule has 3 nitrogen and oxygen atoms in total. The van der Waals surface area contributed by atoms with E-state index in [9.17, 15) is 0 Å². The van der Waals surface area contributed by atoms with E-state index in [2.05, 4.69) is 50.1 Å². The molecule has 1 aliphatic rings. The van der Waals surface area contributed by atoms with Crippen LogP contribution in [-0.2, 0) is 6.54 Å². The number of nitrogens with two attached hydrogens (primary N) is 1. The van der Waals surface area contributed by atoms with Gasteiger partial charge in [-0.1, -0.05) is 30.3 Å². The van der Waals surface area contributed by atoms with Crippen molar-refractivity contribution in [3.8, 4) is 0 Å². The summed E-state index contributed by atoms with van der Waals surface area (Å²) in [6.45, 7) is 0.887. The Kier molecular flexibility index (Phi) is 3.42. The van der Waals surface area contributed by atoms with Crippen molar-refractivity contribution in [2.45, 2.75) is 25.4 Å². The van der Waals surface area contributed by atoms with Crippen molar-refractivity contribution in [3.05, 3.63) is 52.8 Å². The fourth-order valence-corrected chi connectivity index (χ4v) is 2.88. The molecule has 0 saturated heterocycles. The fraction of sp³-hybridized carbons (Fsp3) is 0.267. The number of hydrogen-bond acceptors (Lipinski definition) is 3. The van der Waals surface area contributed by atoms with E-state index < -0.39 is 0 Å². The van der Waals surface area contributed by atoms with Gasteiger partial charge in [0.1, 0.15) is 0 Å². The van der Waals surface area contributed by atoms with Gasteiger partial charge in [-0.15, -0.1) is 0 Å². The van der Waals surface area contributed by atoms with Crippen LogP contribution in [0.25, 0.3) is 0 Å². The average Bonchev–Trinajstić information content (AvgIpc) is 3.23. The number of benzene rings is 1. The van der Waals surface area contributed by atoms with Crippen LogP contribution in [0, 0.1) is 0 Å². The van der Waals surface area contributed by atoms with Crippen LogP contribution in [0.15, 0.2) is 47.2 Å². The van der Waals surface area contributed by atoms with Crippen molar-refractivity contribution in [1.82, 2.24) is 4.98 Å². The van der Waals surface area contributed by atoms with Gasteiger partial charge in [-0.25, -0.2) is 0 Å². The van der Waals surface area contributed by atoms with Crippen LogP contribution in [0.1, 0.15) is 18.4 Å². The predicted octanol–water partition coefficient (Wildman–Crippen LogP) is 3.60. The van der Waals surface area contributed by atoms with Crippen LogP contribution < -0.4 is 10.6 Å². The summed E-state index contributed by atoms with van der Waals surface area (Å²) >= 11 is 3.57. The third kappa shape index (κ3) is 2.73. The van der Waals surface area contributed by atoms with Crippen molar-refractivity contribution in [2.24, 2.45) is 0 Å². The standard InChI is InChI=1S/C15H16BrN3/c16-13-8-18-9-14(17)15(13)19(12-6-7-12)10-11-4-2-1-3-5-11/h1-5,8-9,12H,6-7,10,17H2. The zero-order valence-corrected chi connectivity index (χ0v) is 12.2. The Morgan fingerprint density at radius 1 is 1.21 bits per heavy atom. The minimum atomic E-state index is 0.598. The maximum atomic E-state index is 6.11. The molecule has 2 aromatic rings. The number of nitrogen functional groups attached to an aromatic ring is 1. The summed E-state index contributed by atoms with van der Waals surface area (Å²) < 4.78 is 0.968. The predicted molar refractivity (Wildman–Crippen MR) is 82.0 cm³/mol. The van der Waals surface area contributed by atoms with E-state index in [4.69, 9.17) is 5.73 Å². The van der Waals surface area contributed by atoms with Gasteiger partial charge in [0, 0.05) is 18.8 Å². The highest BCUT2D eigenvalue weighted by molar-refractivity contribution is 9.10. The SMILES string of the molecule is Nc1cncc(Br)c1N(Cc1ccccc1)C1CC1. The smallest absolute Gasteiger partial charge is 0.0781 e. The zero-order valence-electron chi connectivity index (χ0n) is 10.6. The second-order valence-electron chi connectivity index (χ2n) is 4.90. The van der Waals surface area contributed by atoms with Crippen LogP contribution in [-0.4, -0.2) is 11.0 Å². The van der Waals surface area contributed by atoms with Gasteiger partial charge in [0.05, 0.1) is 22.0 Å². The number of anilines is 2. The molecule has 0 spiro atoms. The van der Waals surface area contributed by atoms with Crippen molar-refractivity contribution in [2.75, 3.05) is 10.6 Å². The first kappa shape index (κ1) is 12.5. The summed E-state index contributed by atoms with van der Waals surface area (Å²) in [5.41, 5.74) is 9.21. The Labute approximate surface area is 121 Å². The van der Waals surface area contributed by atoms with Crippen molar-refractivity contribution >= 4 is 27.3 Å². The number of pyridine rings is 1. The quantitative estimate of drug-likeness (QED) is 0.937. The first-order chi connectivity index (χ1) is 9.25. The molecule has 0 aliphatic heterocycles. The van der Waals surface area contributed by atoms with E-state index >= 15 is 0 Å². The number of rotatable bonds is 4. The minimum Gasteiger partial charge on any atom is -0.396 e. The van der Waals surface area contributed by atoms with Gasteiger partial charge in [0.2, 0.25) is 0 Å². The third-order valence-corrected chi connectivity index (χ3v) is 3.95. The molecular formula is C15H16BrN3. The van der Waals surface area contributed by atoms with Crippen LogP contribution in [0.3, 0.4) is 0 Å². The van der Waals surface area contributed by atoms with E-state index in [0.717, 1.165) is 22.4 Å². The minimum absolute atomic E-state index is 0.598. The van der Waals surface area contributed by atoms with E-state index in [1.54, 1.807) is 6.20 Å². The highest BCUT2D eigenvalue weighted by atomic mass is 79.9. The average molecular weight is 318 g/mol. The highest BCUT2D eigenvalue weighted by Gasteiger charge is 2.31. The lowest BCUT2D eigenvalue weighted by molar-refractivity contribution is 0.792. The van der Waals surface area contributed by atoms with Gasteiger partial charge in [0.25, 0.3) is 0 Å². The summed E-state index contributed by atoms with van der Waals surface area (Å²) in [6.07, 6.45) is 6.01. The molecule has 0 radical (unpaired) electrons. The molecule has 1 aromatic heterocycles. The second-order valence-corrected chi connectivity index (χ2v) is 5.76. The molecule has 1 saturated carbocycles. The molecule has 2 N–H and O–H groups in total. The van der Waals surface area contributed by atoms with E-state index in [1.165, 1.54) is 18.4 Å². The Morgan fingerprint density at radius 3 is 2.58 bits per heavy atom. The molecule has 1 fully saturated rings. The van der Waals surface area contributed by atoms with Crippen molar-refractivity contribution in [1.29, 1.82) is 0 Å². The van der Waals surface area contributed by atoms with Gasteiger partial charge in [-0.05, 0) is 34.3 Å². The van der Waals surface area contributed by atoms with Crippen LogP contribution in [0.4, 0.5) is 11.4 Å². The van der Waals surface area contributed by atoms with E-state index in [0.29, 0.717) is 6.04 Å². The number of nitrogens with zero attached hydrogens (tertiary/aromatic N) is 2. The first-order valence-electron chi connectivity index (χ1n) is 6.45. The molecule has 1 heterocycles. The molecule has 19 heavy (non-hydrogen) atoms. The molecular weight excluding hydrogens is 302 g/mol. The molecule has 1 aromatic carbocycles. The lowest BCUT2D eigenvalue weighted by atomic mass is 10.2. The van der Waals surface area contributed by atoms with Gasteiger partial charge < -0.3 is 10.6 Å². The second kappa shape index (κ2) is 5.21. The van der Waals surface area contributed by atoms with E-state index in [1.807, 2.05) is 12.3 Å². The maximum absolute atomic E-state index is 6.11. The molecule has 1 aliphatic carbocycles. The topological polar surface area (TPSA) is 42.1 Å². The molecule has 3 rings (SSSR count). The summed E-state index contributed by atoms with van der Waals surface area (Å²) in [4.78, 5) is 6.50. The van der Waals surface area contributed by atoms with E-state index in [-0.39, 0.29) is 0 Å². The van der Waals surface area contributed by atoms with Gasteiger partial charge in [-0.3, -0.25) is 4.98 Å². The Hall–Kier alpha value is -1.55. The van der Waals surface area contributed by atoms with Crippen LogP contribution in [0.2, 0.25) is 0 Å². The van der Waals surface area contributed by atoms with Gasteiger partial charge in [-0.2, -0.15) is 0 Å². The summed E-state index contributed by atoms with van der Waals surface area (Å²) in [5, 5.41) is 0. The normalized spacial score (nSPS) is 14.4. The van der Waals surface area contributed by atoms with Crippen LogP contribution >= 0.6 is 15.9 Å². The highest BCUT2D eigenvalue weighted by Crippen LogP contribution is 2.39. The molecule has 0 atom stereocenters. The maximum Gasteiger partial charge on any atom is 0.0781 e. The monoisotopic (exact) mass is 317 g/mol. The number of halogens is 1. The lowest BCUT2D eigenvalue weighted by Crippen LogP contribution is -2.26. The summed E-state index contributed by atoms with van der Waals surface area (Å²) in [7, 11) is 0. The number of hydrogen-bond donors (Lipinski definition) is 1. The summed E-state index contributed by atoms with van der Waals surface area (Å²) in [6, 6.07) is 11.1. The largest absolute Gasteiger partial charge is 0.396 e. The molecule has 98 valence electrons. The molecule has 4 heteroatoms. The Balaban J connectivity index is 1.93.